The van der Waals surface area contributed by atoms with E-state index in [0.717, 1.165) is 24.1 Å². The summed E-state index contributed by atoms with van der Waals surface area (Å²) in [5, 5.41) is 0.618. The number of aryl methyl sites for hydroxylation is 1. The molecule has 1 saturated heterocycles. The van der Waals surface area contributed by atoms with Crippen LogP contribution in [0.2, 0.25) is 5.02 Å². The van der Waals surface area contributed by atoms with Crippen molar-refractivity contribution in [2.45, 2.75) is 38.6 Å². The maximum absolute atomic E-state index is 13.7. The number of piperidine rings is 1. The van der Waals surface area contributed by atoms with Gasteiger partial charge in [0.15, 0.2) is 17.3 Å². The van der Waals surface area contributed by atoms with Crippen molar-refractivity contribution in [3.05, 3.63) is 71.1 Å². The summed E-state index contributed by atoms with van der Waals surface area (Å²) in [4.78, 5) is 33.4. The van der Waals surface area contributed by atoms with E-state index in [1.165, 1.54) is 0 Å². The number of hydrogen-bond donors (Lipinski definition) is 0. The topological polar surface area (TPSA) is 85.0 Å². The van der Waals surface area contributed by atoms with Crippen molar-refractivity contribution >= 4 is 28.6 Å². The molecule has 1 aromatic carbocycles. The zero-order valence-electron chi connectivity index (χ0n) is 17.8. The molecular formula is C24H22ClN5O2. The molecule has 5 rings (SSSR count). The summed E-state index contributed by atoms with van der Waals surface area (Å²) in [7, 11) is 0. The molecule has 3 aromatic heterocycles. The molecule has 0 aliphatic carbocycles. The molecule has 1 aliphatic rings. The quantitative estimate of drug-likeness (QED) is 0.437. The van der Waals surface area contributed by atoms with Crippen molar-refractivity contribution in [2.75, 3.05) is 6.54 Å². The summed E-state index contributed by atoms with van der Waals surface area (Å²) in [6.45, 7) is 4.44. The van der Waals surface area contributed by atoms with Gasteiger partial charge in [-0.05, 0) is 63.1 Å². The van der Waals surface area contributed by atoms with Gasteiger partial charge in [-0.2, -0.15) is 0 Å². The molecule has 7 nitrogen and oxygen atoms in total. The first-order valence-electron chi connectivity index (χ1n) is 10.6. The lowest BCUT2D eigenvalue weighted by Gasteiger charge is -2.37. The second-order valence-electron chi connectivity index (χ2n) is 8.17. The van der Waals surface area contributed by atoms with Crippen LogP contribution in [0, 0.1) is 6.92 Å². The second-order valence-corrected chi connectivity index (χ2v) is 8.60. The Kier molecular flexibility index (Phi) is 5.35. The van der Waals surface area contributed by atoms with Crippen molar-refractivity contribution in [1.82, 2.24) is 24.8 Å². The molecule has 2 atom stereocenters. The molecule has 1 aliphatic heterocycles. The van der Waals surface area contributed by atoms with Gasteiger partial charge in [0.05, 0.1) is 11.5 Å². The number of halogens is 1. The van der Waals surface area contributed by atoms with Crippen molar-refractivity contribution in [3.8, 4) is 11.4 Å². The largest absolute Gasteiger partial charge is 0.440 e. The summed E-state index contributed by atoms with van der Waals surface area (Å²) < 4.78 is 6.00. The first kappa shape index (κ1) is 20.6. The van der Waals surface area contributed by atoms with Crippen LogP contribution < -0.4 is 0 Å². The van der Waals surface area contributed by atoms with Gasteiger partial charge < -0.3 is 9.32 Å². The predicted molar refractivity (Wildman–Crippen MR) is 121 cm³/mol. The van der Waals surface area contributed by atoms with Crippen LogP contribution in [0.3, 0.4) is 0 Å². The Labute approximate surface area is 190 Å². The number of hydrogen-bond acceptors (Lipinski definition) is 6. The van der Waals surface area contributed by atoms with Gasteiger partial charge in [-0.25, -0.2) is 19.9 Å². The standard InChI is InChI=1S/C24H22ClN5O2/c1-14-4-8-18(22-26-10-3-11-27-22)21(28-14)24(31)30-13-16(6-5-15(30)2)23-29-19-12-17(25)7-9-20(19)32-23/h3-4,7-12,15-16H,5-6,13H2,1-2H3. The molecule has 0 radical (unpaired) electrons. The molecule has 32 heavy (non-hydrogen) atoms. The van der Waals surface area contributed by atoms with Crippen molar-refractivity contribution < 1.29 is 9.21 Å². The second kappa shape index (κ2) is 8.31. The highest BCUT2D eigenvalue weighted by Crippen LogP contribution is 2.33. The van der Waals surface area contributed by atoms with Crippen LogP contribution in [0.25, 0.3) is 22.5 Å². The van der Waals surface area contributed by atoms with Gasteiger partial charge in [-0.3, -0.25) is 4.79 Å². The molecule has 0 saturated carbocycles. The van der Waals surface area contributed by atoms with Gasteiger partial charge in [0, 0.05) is 35.7 Å². The Morgan fingerprint density at radius 3 is 2.75 bits per heavy atom. The van der Waals surface area contributed by atoms with Gasteiger partial charge in [0.1, 0.15) is 11.2 Å². The molecule has 1 fully saturated rings. The van der Waals surface area contributed by atoms with E-state index in [0.29, 0.717) is 40.1 Å². The van der Waals surface area contributed by atoms with Gasteiger partial charge >= 0.3 is 0 Å². The van der Waals surface area contributed by atoms with Gasteiger partial charge in [-0.15, -0.1) is 0 Å². The summed E-state index contributed by atoms with van der Waals surface area (Å²) >= 11 is 6.09. The maximum Gasteiger partial charge on any atom is 0.273 e. The molecule has 0 N–H and O–H groups in total. The van der Waals surface area contributed by atoms with Crippen LogP contribution >= 0.6 is 11.6 Å². The van der Waals surface area contributed by atoms with E-state index in [9.17, 15) is 4.79 Å². The first-order chi connectivity index (χ1) is 15.5. The lowest BCUT2D eigenvalue weighted by molar-refractivity contribution is 0.0592. The number of pyridine rings is 1. The van der Waals surface area contributed by atoms with E-state index in [1.807, 2.05) is 30.0 Å². The normalized spacial score (nSPS) is 18.8. The molecule has 162 valence electrons. The van der Waals surface area contributed by atoms with E-state index in [-0.39, 0.29) is 17.9 Å². The lowest BCUT2D eigenvalue weighted by atomic mass is 9.92. The van der Waals surface area contributed by atoms with Crippen LogP contribution in [0.4, 0.5) is 0 Å². The average molecular weight is 448 g/mol. The third-order valence-corrected chi connectivity index (χ3v) is 6.14. The lowest BCUT2D eigenvalue weighted by Crippen LogP contribution is -2.45. The maximum atomic E-state index is 13.7. The minimum atomic E-state index is -0.132. The summed E-state index contributed by atoms with van der Waals surface area (Å²) in [6, 6.07) is 11.0. The number of aromatic nitrogens is 4. The number of likely N-dealkylation sites (tertiary alicyclic amines) is 1. The fourth-order valence-corrected chi connectivity index (χ4v) is 4.33. The molecular weight excluding hydrogens is 426 g/mol. The van der Waals surface area contributed by atoms with Crippen LogP contribution in [0.1, 0.15) is 47.8 Å². The highest BCUT2D eigenvalue weighted by atomic mass is 35.5. The van der Waals surface area contributed by atoms with Gasteiger partial charge in [0.2, 0.25) is 0 Å². The number of nitrogens with zero attached hydrogens (tertiary/aromatic N) is 5. The van der Waals surface area contributed by atoms with E-state index in [1.54, 1.807) is 30.6 Å². The van der Waals surface area contributed by atoms with Crippen molar-refractivity contribution in [1.29, 1.82) is 0 Å². The summed E-state index contributed by atoms with van der Waals surface area (Å²) in [5.41, 5.74) is 3.20. The minimum Gasteiger partial charge on any atom is -0.440 e. The number of amides is 1. The highest BCUT2D eigenvalue weighted by Gasteiger charge is 2.34. The number of benzene rings is 1. The fourth-order valence-electron chi connectivity index (χ4n) is 4.16. The highest BCUT2D eigenvalue weighted by molar-refractivity contribution is 6.31. The summed E-state index contributed by atoms with van der Waals surface area (Å²) in [6.07, 6.45) is 5.06. The number of fused-ring (bicyclic) bond motifs is 1. The SMILES string of the molecule is Cc1ccc(-c2ncccn2)c(C(=O)N2CC(c3nc4cc(Cl)ccc4o3)CCC2C)n1. The van der Waals surface area contributed by atoms with Crippen LogP contribution in [0.5, 0.6) is 0 Å². The van der Waals surface area contributed by atoms with E-state index < -0.39 is 0 Å². The molecule has 1 amide bonds. The Bertz CT molecular complexity index is 1290. The fraction of sp³-hybridized carbons (Fsp3) is 0.292. The average Bonchev–Trinajstić information content (AvgIpc) is 3.22. The Morgan fingerprint density at radius 1 is 1.12 bits per heavy atom. The van der Waals surface area contributed by atoms with Crippen molar-refractivity contribution in [3.63, 3.8) is 0 Å². The number of oxazole rings is 1. The summed E-state index contributed by atoms with van der Waals surface area (Å²) in [5.74, 6) is 0.992. The molecule has 2 unspecified atom stereocenters. The molecule has 4 aromatic rings. The van der Waals surface area contributed by atoms with E-state index in [2.05, 4.69) is 26.9 Å². The Balaban J connectivity index is 1.47. The number of carbonyl (C=O) groups is 1. The minimum absolute atomic E-state index is 0.00237. The Morgan fingerprint density at radius 2 is 1.94 bits per heavy atom. The molecule has 0 spiro atoms. The number of rotatable bonds is 3. The zero-order valence-corrected chi connectivity index (χ0v) is 18.6. The van der Waals surface area contributed by atoms with Gasteiger partial charge in [0.25, 0.3) is 5.91 Å². The number of carbonyl (C=O) groups excluding carboxylic acids is 1. The third kappa shape index (κ3) is 3.84. The van der Waals surface area contributed by atoms with Crippen LogP contribution in [0.15, 0.2) is 53.2 Å². The monoisotopic (exact) mass is 447 g/mol. The van der Waals surface area contributed by atoms with Crippen molar-refractivity contribution in [2.24, 2.45) is 0 Å². The van der Waals surface area contributed by atoms with Gasteiger partial charge in [-0.1, -0.05) is 11.6 Å². The molecule has 8 heteroatoms. The third-order valence-electron chi connectivity index (χ3n) is 5.90. The van der Waals surface area contributed by atoms with E-state index >= 15 is 0 Å². The molecule has 0 bridgehead atoms. The van der Waals surface area contributed by atoms with Crippen LogP contribution in [-0.2, 0) is 0 Å². The molecule has 4 heterocycles. The predicted octanol–water partition coefficient (Wildman–Crippen LogP) is 5.05. The van der Waals surface area contributed by atoms with E-state index in [4.69, 9.17) is 16.0 Å². The first-order valence-corrected chi connectivity index (χ1v) is 11.0. The zero-order chi connectivity index (χ0) is 22.2. The smallest absolute Gasteiger partial charge is 0.273 e. The van der Waals surface area contributed by atoms with Crippen LogP contribution in [-0.4, -0.2) is 43.3 Å². The Hall–Kier alpha value is -3.32.